The van der Waals surface area contributed by atoms with Gasteiger partial charge in [0.2, 0.25) is 0 Å². The Morgan fingerprint density at radius 3 is 1.55 bits per heavy atom. The van der Waals surface area contributed by atoms with Gasteiger partial charge in [-0.1, -0.05) is 194 Å². The summed E-state index contributed by atoms with van der Waals surface area (Å²) in [7, 11) is 0. The van der Waals surface area contributed by atoms with E-state index in [-0.39, 0.29) is 6.04 Å². The van der Waals surface area contributed by atoms with Crippen LogP contribution in [0.25, 0.3) is 39.0 Å². The molecule has 0 spiro atoms. The third-order valence-electron chi connectivity index (χ3n) is 11.7. The van der Waals surface area contributed by atoms with Gasteiger partial charge in [0.25, 0.3) is 0 Å². The van der Waals surface area contributed by atoms with E-state index >= 15 is 0 Å². The van der Waals surface area contributed by atoms with Crippen LogP contribution in [0.5, 0.6) is 0 Å². The maximum atomic E-state index is 2.46. The van der Waals surface area contributed by atoms with Crippen LogP contribution >= 0.6 is 0 Å². The van der Waals surface area contributed by atoms with Gasteiger partial charge in [-0.2, -0.15) is 0 Å². The lowest BCUT2D eigenvalue weighted by Gasteiger charge is -2.34. The van der Waals surface area contributed by atoms with Gasteiger partial charge in [0.15, 0.2) is 0 Å². The predicted octanol–water partition coefficient (Wildman–Crippen LogP) is 13.9. The Bertz CT molecular complexity index is 2660. The molecular formula is C55H41N. The Hall–Kier alpha value is -6.96. The predicted molar refractivity (Wildman–Crippen MR) is 235 cm³/mol. The van der Waals surface area contributed by atoms with Crippen LogP contribution in [0, 0.1) is 0 Å². The van der Waals surface area contributed by atoms with E-state index in [0.717, 1.165) is 6.42 Å². The molecule has 0 fully saturated rings. The number of nitrogens with zero attached hydrogens (tertiary/aromatic N) is 1. The summed E-state index contributed by atoms with van der Waals surface area (Å²) >= 11 is 0. The molecule has 1 heteroatoms. The van der Waals surface area contributed by atoms with E-state index < -0.39 is 5.41 Å². The van der Waals surface area contributed by atoms with Crippen molar-refractivity contribution >= 4 is 16.9 Å². The van der Waals surface area contributed by atoms with Crippen molar-refractivity contribution in [2.75, 3.05) is 4.90 Å². The molecule has 1 atom stereocenters. The minimum atomic E-state index is -0.418. The minimum Gasteiger partial charge on any atom is -0.334 e. The Labute approximate surface area is 330 Å². The highest BCUT2D eigenvalue weighted by Crippen LogP contribution is 2.56. The molecule has 0 bridgehead atoms. The normalized spacial score (nSPS) is 15.1. The molecule has 8 aromatic carbocycles. The van der Waals surface area contributed by atoms with Gasteiger partial charge >= 0.3 is 0 Å². The van der Waals surface area contributed by atoms with E-state index in [2.05, 4.69) is 235 Å². The van der Waals surface area contributed by atoms with Crippen LogP contribution in [0.3, 0.4) is 0 Å². The van der Waals surface area contributed by atoms with E-state index in [9.17, 15) is 0 Å². The lowest BCUT2D eigenvalue weighted by atomic mass is 9.67. The summed E-state index contributed by atoms with van der Waals surface area (Å²) in [6.07, 6.45) is 8.00. The fraction of sp³-hybridized carbons (Fsp3) is 0.0545. The Morgan fingerprint density at radius 2 is 0.893 bits per heavy atom. The standard InChI is InChI=1S/C55H41N/c1-4-16-40(17-5-1)41-30-34-49(35-31-41)56(48-24-8-3-9-25-48)50-36-32-42(33-37-50)43-18-14-19-44(38-43)45-20-15-23-47(39-45)55(46-21-6-2-7-22-46)53-28-12-10-26-51(53)52-27-11-13-29-54(52)55/h1-36,38-39,50H,37H2. The van der Waals surface area contributed by atoms with Gasteiger partial charge in [-0.15, -0.1) is 0 Å². The topological polar surface area (TPSA) is 3.24 Å². The van der Waals surface area contributed by atoms with Crippen LogP contribution in [0.2, 0.25) is 0 Å². The van der Waals surface area contributed by atoms with Crippen molar-refractivity contribution in [1.82, 2.24) is 0 Å². The molecule has 10 rings (SSSR count). The number of anilines is 2. The van der Waals surface area contributed by atoms with E-state index in [1.54, 1.807) is 0 Å². The number of hydrogen-bond acceptors (Lipinski definition) is 1. The number of benzene rings is 8. The largest absolute Gasteiger partial charge is 0.334 e. The van der Waals surface area contributed by atoms with Gasteiger partial charge in [0.1, 0.15) is 0 Å². The number of hydrogen-bond donors (Lipinski definition) is 0. The molecule has 1 unspecified atom stereocenters. The molecule has 0 amide bonds. The molecule has 2 aliphatic carbocycles. The Morgan fingerprint density at radius 1 is 0.393 bits per heavy atom. The van der Waals surface area contributed by atoms with Crippen LogP contribution in [0.15, 0.2) is 231 Å². The SMILES string of the molecule is C1=CC(N(c2ccccc2)c2ccc(-c3ccccc3)cc2)CC=C1c1cccc(-c2cccc(C3(c4ccccc4)c4ccccc4-c4ccccc43)c2)c1. The summed E-state index contributed by atoms with van der Waals surface area (Å²) in [5.41, 5.74) is 17.2. The van der Waals surface area contributed by atoms with Crippen molar-refractivity contribution < 1.29 is 0 Å². The molecular weight excluding hydrogens is 675 g/mol. The average molecular weight is 716 g/mol. The molecule has 0 saturated heterocycles. The summed E-state index contributed by atoms with van der Waals surface area (Å²) in [5, 5.41) is 0. The van der Waals surface area contributed by atoms with Crippen molar-refractivity contribution in [3.8, 4) is 33.4 Å². The molecule has 0 aromatic heterocycles. The fourth-order valence-corrected chi connectivity index (χ4v) is 9.10. The lowest BCUT2D eigenvalue weighted by Crippen LogP contribution is -2.30. The number of rotatable bonds is 8. The van der Waals surface area contributed by atoms with E-state index in [1.165, 1.54) is 78.1 Å². The molecule has 0 radical (unpaired) electrons. The third kappa shape index (κ3) is 5.81. The summed E-state index contributed by atoms with van der Waals surface area (Å²) in [6, 6.07) is 77.8. The highest BCUT2D eigenvalue weighted by atomic mass is 15.2. The van der Waals surface area contributed by atoms with Gasteiger partial charge in [0.05, 0.1) is 11.5 Å². The quantitative estimate of drug-likeness (QED) is 0.151. The summed E-state index contributed by atoms with van der Waals surface area (Å²) in [6.45, 7) is 0. The van der Waals surface area contributed by atoms with Crippen LogP contribution < -0.4 is 4.90 Å². The summed E-state index contributed by atoms with van der Waals surface area (Å²) in [4.78, 5) is 2.46. The van der Waals surface area contributed by atoms with Crippen LogP contribution in [-0.2, 0) is 5.41 Å². The van der Waals surface area contributed by atoms with Crippen LogP contribution in [-0.4, -0.2) is 6.04 Å². The number of allylic oxidation sites excluding steroid dienone is 2. The van der Waals surface area contributed by atoms with E-state index in [0.29, 0.717) is 0 Å². The Balaban J connectivity index is 0.979. The zero-order chi connectivity index (χ0) is 37.3. The second-order valence-corrected chi connectivity index (χ2v) is 14.8. The van der Waals surface area contributed by atoms with Crippen molar-refractivity contribution in [3.05, 3.63) is 258 Å². The van der Waals surface area contributed by atoms with Gasteiger partial charge in [-0.3, -0.25) is 0 Å². The molecule has 8 aromatic rings. The first-order valence-corrected chi connectivity index (χ1v) is 19.6. The lowest BCUT2D eigenvalue weighted by molar-refractivity contribution is 0.769. The minimum absolute atomic E-state index is 0.190. The zero-order valence-corrected chi connectivity index (χ0v) is 31.2. The molecule has 266 valence electrons. The van der Waals surface area contributed by atoms with Crippen molar-refractivity contribution in [2.45, 2.75) is 17.9 Å². The first-order valence-electron chi connectivity index (χ1n) is 19.6. The third-order valence-corrected chi connectivity index (χ3v) is 11.7. The Kier molecular flexibility index (Phi) is 8.61. The maximum Gasteiger partial charge on any atom is 0.0713 e. The maximum absolute atomic E-state index is 2.46. The number of fused-ring (bicyclic) bond motifs is 3. The molecule has 0 heterocycles. The first-order chi connectivity index (χ1) is 27.8. The molecule has 2 aliphatic rings. The fourth-order valence-electron chi connectivity index (χ4n) is 9.10. The van der Waals surface area contributed by atoms with Gasteiger partial charge in [-0.25, -0.2) is 0 Å². The molecule has 1 nitrogen and oxygen atoms in total. The smallest absolute Gasteiger partial charge is 0.0713 e. The van der Waals surface area contributed by atoms with Crippen LogP contribution in [0.1, 0.15) is 34.2 Å². The van der Waals surface area contributed by atoms with E-state index in [1.807, 2.05) is 0 Å². The van der Waals surface area contributed by atoms with Gasteiger partial charge < -0.3 is 4.90 Å². The summed E-state index contributed by atoms with van der Waals surface area (Å²) < 4.78 is 0. The summed E-state index contributed by atoms with van der Waals surface area (Å²) in [5.74, 6) is 0. The van der Waals surface area contributed by atoms with Crippen molar-refractivity contribution in [3.63, 3.8) is 0 Å². The molecule has 0 aliphatic heterocycles. The van der Waals surface area contributed by atoms with Crippen LogP contribution in [0.4, 0.5) is 11.4 Å². The van der Waals surface area contributed by atoms with Gasteiger partial charge in [-0.05, 0) is 110 Å². The highest BCUT2D eigenvalue weighted by Gasteiger charge is 2.45. The number of para-hydroxylation sites is 1. The van der Waals surface area contributed by atoms with Gasteiger partial charge in [0, 0.05) is 11.4 Å². The molecule has 56 heavy (non-hydrogen) atoms. The second kappa shape index (κ2) is 14.4. The van der Waals surface area contributed by atoms with Crippen molar-refractivity contribution in [2.24, 2.45) is 0 Å². The zero-order valence-electron chi connectivity index (χ0n) is 31.2. The second-order valence-electron chi connectivity index (χ2n) is 14.8. The van der Waals surface area contributed by atoms with Crippen molar-refractivity contribution in [1.29, 1.82) is 0 Å². The first kappa shape index (κ1) is 33.6. The average Bonchev–Trinajstić information content (AvgIpc) is 3.59. The molecule has 0 saturated carbocycles. The monoisotopic (exact) mass is 715 g/mol. The highest BCUT2D eigenvalue weighted by molar-refractivity contribution is 5.87. The molecule has 0 N–H and O–H groups in total. The van der Waals surface area contributed by atoms with E-state index in [4.69, 9.17) is 0 Å².